The zero-order valence-corrected chi connectivity index (χ0v) is 14.2. The Morgan fingerprint density at radius 3 is 2.88 bits per heavy atom. The number of nitrogens with zero attached hydrogens (tertiary/aromatic N) is 2. The van der Waals surface area contributed by atoms with Crippen molar-refractivity contribution in [3.8, 4) is 0 Å². The van der Waals surface area contributed by atoms with Gasteiger partial charge in [0.2, 0.25) is 0 Å². The summed E-state index contributed by atoms with van der Waals surface area (Å²) in [5.74, 6) is 0. The van der Waals surface area contributed by atoms with Crippen molar-refractivity contribution in [3.05, 3.63) is 76.1 Å². The lowest BCUT2D eigenvalue weighted by molar-refractivity contribution is -0.383. The molecule has 0 amide bonds. The van der Waals surface area contributed by atoms with Gasteiger partial charge in [0.1, 0.15) is 5.60 Å². The number of nitrogens with one attached hydrogen (secondary N) is 1. The van der Waals surface area contributed by atoms with Crippen LogP contribution in [0.1, 0.15) is 24.0 Å². The molecule has 1 atom stereocenters. The summed E-state index contributed by atoms with van der Waals surface area (Å²) in [7, 11) is 0. The molecule has 0 fully saturated rings. The molecule has 1 aliphatic rings. The Kier molecular flexibility index (Phi) is 4.05. The highest BCUT2D eigenvalue weighted by Crippen LogP contribution is 2.37. The molecular weight excluding hydrogens is 330 g/mol. The molecule has 0 saturated heterocycles. The number of hydrogen-bond donors (Lipinski definition) is 2. The second-order valence-corrected chi connectivity index (χ2v) is 6.71. The molecule has 0 bridgehead atoms. The summed E-state index contributed by atoms with van der Waals surface area (Å²) >= 11 is 0. The van der Waals surface area contributed by atoms with Crippen LogP contribution in [0.3, 0.4) is 0 Å². The number of anilines is 1. The molecule has 0 radical (unpaired) electrons. The molecule has 1 heterocycles. The van der Waals surface area contributed by atoms with Crippen molar-refractivity contribution < 1.29 is 10.0 Å². The van der Waals surface area contributed by atoms with E-state index >= 15 is 0 Å². The van der Waals surface area contributed by atoms with E-state index in [9.17, 15) is 15.2 Å². The number of aliphatic hydroxyl groups is 1. The highest BCUT2D eigenvalue weighted by Gasteiger charge is 2.34. The maximum atomic E-state index is 11.2. The number of pyridine rings is 1. The van der Waals surface area contributed by atoms with Crippen molar-refractivity contribution in [1.29, 1.82) is 0 Å². The second kappa shape index (κ2) is 6.38. The molecule has 0 aliphatic heterocycles. The van der Waals surface area contributed by atoms with Gasteiger partial charge in [-0.1, -0.05) is 24.3 Å². The fraction of sp³-hybridized carbons (Fsp3) is 0.250. The average molecular weight is 349 g/mol. The summed E-state index contributed by atoms with van der Waals surface area (Å²) in [4.78, 5) is 14.8. The first-order valence-electron chi connectivity index (χ1n) is 8.64. The molecule has 2 aromatic carbocycles. The van der Waals surface area contributed by atoms with Gasteiger partial charge in [0.05, 0.1) is 10.3 Å². The number of fused-ring (bicyclic) bond motifs is 2. The van der Waals surface area contributed by atoms with Crippen LogP contribution >= 0.6 is 0 Å². The fourth-order valence-corrected chi connectivity index (χ4v) is 3.81. The van der Waals surface area contributed by atoms with Crippen LogP contribution in [0.2, 0.25) is 0 Å². The van der Waals surface area contributed by atoms with Crippen molar-refractivity contribution in [1.82, 2.24) is 4.98 Å². The topological polar surface area (TPSA) is 88.3 Å². The predicted molar refractivity (Wildman–Crippen MR) is 100 cm³/mol. The van der Waals surface area contributed by atoms with Crippen molar-refractivity contribution >= 4 is 22.1 Å². The van der Waals surface area contributed by atoms with E-state index in [0.717, 1.165) is 29.5 Å². The van der Waals surface area contributed by atoms with Crippen molar-refractivity contribution in [2.45, 2.75) is 24.9 Å². The molecule has 2 N–H and O–H groups in total. The third-order valence-corrected chi connectivity index (χ3v) is 5.12. The highest BCUT2D eigenvalue weighted by molar-refractivity contribution is 5.99. The summed E-state index contributed by atoms with van der Waals surface area (Å²) in [6.45, 7) is 0.346. The van der Waals surface area contributed by atoms with Gasteiger partial charge in [-0.05, 0) is 42.5 Å². The van der Waals surface area contributed by atoms with Gasteiger partial charge in [-0.2, -0.15) is 0 Å². The molecule has 1 aromatic heterocycles. The fourth-order valence-electron chi connectivity index (χ4n) is 3.81. The van der Waals surface area contributed by atoms with Crippen molar-refractivity contribution in [2.75, 3.05) is 11.9 Å². The number of nitro benzene ring substituents is 1. The van der Waals surface area contributed by atoms with E-state index in [1.54, 1.807) is 18.3 Å². The van der Waals surface area contributed by atoms with Gasteiger partial charge in [0, 0.05) is 36.1 Å². The highest BCUT2D eigenvalue weighted by atomic mass is 16.6. The molecule has 1 aliphatic carbocycles. The minimum Gasteiger partial charge on any atom is -0.383 e. The first kappa shape index (κ1) is 16.5. The van der Waals surface area contributed by atoms with Gasteiger partial charge < -0.3 is 10.4 Å². The largest absolute Gasteiger partial charge is 0.383 e. The van der Waals surface area contributed by atoms with Crippen LogP contribution in [0.5, 0.6) is 0 Å². The number of benzene rings is 2. The third kappa shape index (κ3) is 2.78. The molecule has 1 unspecified atom stereocenters. The number of non-ortho nitro benzene ring substituents is 1. The van der Waals surface area contributed by atoms with Crippen LogP contribution < -0.4 is 5.32 Å². The van der Waals surface area contributed by atoms with Gasteiger partial charge in [-0.15, -0.1) is 0 Å². The number of aryl methyl sites for hydroxylation is 1. The first-order chi connectivity index (χ1) is 12.6. The molecule has 0 spiro atoms. The Balaban J connectivity index is 1.67. The lowest BCUT2D eigenvalue weighted by Crippen LogP contribution is -2.37. The zero-order chi connectivity index (χ0) is 18.1. The van der Waals surface area contributed by atoms with E-state index in [2.05, 4.69) is 16.4 Å². The number of hydrogen-bond acceptors (Lipinski definition) is 5. The maximum Gasteiger partial charge on any atom is 0.278 e. The molecule has 6 nitrogen and oxygen atoms in total. The van der Waals surface area contributed by atoms with E-state index in [0.29, 0.717) is 18.4 Å². The Bertz CT molecular complexity index is 989. The van der Waals surface area contributed by atoms with E-state index < -0.39 is 10.5 Å². The number of nitro groups is 1. The predicted octanol–water partition coefficient (Wildman–Crippen LogP) is 3.78. The zero-order valence-electron chi connectivity index (χ0n) is 14.2. The van der Waals surface area contributed by atoms with Crippen LogP contribution in [-0.4, -0.2) is 21.6 Å². The van der Waals surface area contributed by atoms with E-state index in [1.165, 1.54) is 17.8 Å². The van der Waals surface area contributed by atoms with Gasteiger partial charge in [-0.25, -0.2) is 0 Å². The van der Waals surface area contributed by atoms with Gasteiger partial charge >= 0.3 is 0 Å². The molecule has 3 aromatic rings. The van der Waals surface area contributed by atoms with E-state index in [4.69, 9.17) is 0 Å². The van der Waals surface area contributed by atoms with Crippen LogP contribution in [-0.2, 0) is 12.0 Å². The van der Waals surface area contributed by atoms with Crippen LogP contribution in [0.25, 0.3) is 10.8 Å². The minimum absolute atomic E-state index is 0.0281. The van der Waals surface area contributed by atoms with Gasteiger partial charge in [-0.3, -0.25) is 15.1 Å². The average Bonchev–Trinajstić information content (AvgIpc) is 2.66. The molecule has 6 heteroatoms. The third-order valence-electron chi connectivity index (χ3n) is 5.12. The monoisotopic (exact) mass is 349 g/mol. The standard InChI is InChI=1S/C20H19N3O3/c24-20(10-3-5-14-4-1-2-6-17(14)20)13-22-18-7-8-19(23(25)26)16-12-21-11-9-15(16)18/h1-2,4,6-9,11-12,22,24H,3,5,10,13H2. The number of rotatable bonds is 4. The van der Waals surface area contributed by atoms with Crippen LogP contribution in [0, 0.1) is 10.1 Å². The summed E-state index contributed by atoms with van der Waals surface area (Å²) < 4.78 is 0. The van der Waals surface area contributed by atoms with Crippen molar-refractivity contribution in [2.24, 2.45) is 0 Å². The summed E-state index contributed by atoms with van der Waals surface area (Å²) in [5.41, 5.74) is 1.98. The molecule has 4 rings (SSSR count). The summed E-state index contributed by atoms with van der Waals surface area (Å²) in [6, 6.07) is 12.9. The Morgan fingerprint density at radius 2 is 2.04 bits per heavy atom. The smallest absolute Gasteiger partial charge is 0.278 e. The van der Waals surface area contributed by atoms with E-state index in [1.807, 2.05) is 18.2 Å². The lowest BCUT2D eigenvalue weighted by atomic mass is 9.79. The molecule has 26 heavy (non-hydrogen) atoms. The Labute approximate surface area is 150 Å². The second-order valence-electron chi connectivity index (χ2n) is 6.71. The van der Waals surface area contributed by atoms with Crippen LogP contribution in [0.15, 0.2) is 54.9 Å². The Hall–Kier alpha value is -2.99. The van der Waals surface area contributed by atoms with Crippen LogP contribution in [0.4, 0.5) is 11.4 Å². The minimum atomic E-state index is -0.948. The normalized spacial score (nSPS) is 19.1. The SMILES string of the molecule is O=[N+]([O-])c1ccc(NCC2(O)CCCc3ccccc32)c2ccncc12. The molecule has 132 valence electrons. The number of aromatic nitrogens is 1. The Morgan fingerprint density at radius 1 is 1.19 bits per heavy atom. The maximum absolute atomic E-state index is 11.2. The first-order valence-corrected chi connectivity index (χ1v) is 8.64. The summed E-state index contributed by atoms with van der Waals surface area (Å²) in [6.07, 6.45) is 5.71. The lowest BCUT2D eigenvalue weighted by Gasteiger charge is -2.35. The van der Waals surface area contributed by atoms with Gasteiger partial charge in [0.15, 0.2) is 0 Å². The van der Waals surface area contributed by atoms with Crippen molar-refractivity contribution in [3.63, 3.8) is 0 Å². The summed E-state index contributed by atoms with van der Waals surface area (Å²) in [5, 5.41) is 27.0. The quantitative estimate of drug-likeness (QED) is 0.553. The van der Waals surface area contributed by atoms with E-state index in [-0.39, 0.29) is 5.69 Å². The molecular formula is C20H19N3O3. The van der Waals surface area contributed by atoms with Gasteiger partial charge in [0.25, 0.3) is 5.69 Å². The molecule has 0 saturated carbocycles.